The van der Waals surface area contributed by atoms with Crippen molar-refractivity contribution in [2.75, 3.05) is 6.54 Å². The van der Waals surface area contributed by atoms with E-state index in [9.17, 15) is 18.0 Å². The van der Waals surface area contributed by atoms with Gasteiger partial charge in [-0.05, 0) is 18.1 Å². The number of nitrogens with zero attached hydrogens (tertiary/aromatic N) is 1. The van der Waals surface area contributed by atoms with Gasteiger partial charge < -0.3 is 0 Å². The van der Waals surface area contributed by atoms with Crippen LogP contribution in [0.25, 0.3) is 0 Å². The van der Waals surface area contributed by atoms with Crippen LogP contribution in [0.1, 0.15) is 12.0 Å². The van der Waals surface area contributed by atoms with Crippen molar-refractivity contribution >= 4 is 21.8 Å². The number of rotatable bonds is 3. The second-order valence-corrected chi connectivity index (χ2v) is 5.19. The third-order valence-electron chi connectivity index (χ3n) is 2.97. The number of benzene rings is 1. The van der Waals surface area contributed by atoms with Crippen LogP contribution in [0.5, 0.6) is 0 Å². The van der Waals surface area contributed by atoms with Gasteiger partial charge in [0.1, 0.15) is 6.04 Å². The van der Waals surface area contributed by atoms with Crippen LogP contribution in [0.15, 0.2) is 28.7 Å². The lowest BCUT2D eigenvalue weighted by Gasteiger charge is -2.29. The molecule has 1 aliphatic rings. The first kappa shape index (κ1) is 14.3. The van der Waals surface area contributed by atoms with Crippen LogP contribution in [0.3, 0.4) is 0 Å². The molecule has 2 rings (SSSR count). The minimum Gasteiger partial charge on any atom is -0.288 e. The number of amides is 1. The monoisotopic (exact) mass is 336 g/mol. The number of halogens is 4. The summed E-state index contributed by atoms with van der Waals surface area (Å²) in [5.41, 5.74) is 2.82. The van der Waals surface area contributed by atoms with Gasteiger partial charge in [-0.1, -0.05) is 34.1 Å². The van der Waals surface area contributed by atoms with E-state index >= 15 is 0 Å². The summed E-state index contributed by atoms with van der Waals surface area (Å²) in [5, 5.41) is 0.974. The van der Waals surface area contributed by atoms with Gasteiger partial charge in [-0.25, -0.2) is 5.01 Å². The zero-order valence-corrected chi connectivity index (χ0v) is 11.5. The molecular formula is C12H12BrF3N2O. The molecule has 0 saturated carbocycles. The maximum absolute atomic E-state index is 13.1. The standard InChI is InChI=1S/C12H12BrF3N2O/c13-9-4-2-1-3-8(9)7-10(12(14,15)16)18-6-5-11(19)17-18/h1-4,10H,5-7H2,(H,17,19). The van der Waals surface area contributed by atoms with Gasteiger partial charge in [-0.15, -0.1) is 0 Å². The topological polar surface area (TPSA) is 32.3 Å². The summed E-state index contributed by atoms with van der Waals surface area (Å²) in [6, 6.07) is 5.06. The van der Waals surface area contributed by atoms with Crippen LogP contribution in [0.4, 0.5) is 13.2 Å². The van der Waals surface area contributed by atoms with E-state index < -0.39 is 12.2 Å². The fraction of sp³-hybridized carbons (Fsp3) is 0.417. The van der Waals surface area contributed by atoms with E-state index in [1.165, 1.54) is 0 Å². The molecule has 0 bridgehead atoms. The molecule has 1 saturated heterocycles. The van der Waals surface area contributed by atoms with Crippen molar-refractivity contribution in [3.63, 3.8) is 0 Å². The predicted molar refractivity (Wildman–Crippen MR) is 67.2 cm³/mol. The number of hydrazine groups is 1. The molecule has 104 valence electrons. The van der Waals surface area contributed by atoms with Crippen LogP contribution in [0, 0.1) is 0 Å². The first-order valence-corrected chi connectivity index (χ1v) is 6.53. The summed E-state index contributed by atoms with van der Waals surface area (Å²) in [6.07, 6.45) is -4.50. The van der Waals surface area contributed by atoms with E-state index in [1.54, 1.807) is 24.3 Å². The van der Waals surface area contributed by atoms with Crippen LogP contribution in [0.2, 0.25) is 0 Å². The molecule has 1 N–H and O–H groups in total. The van der Waals surface area contributed by atoms with E-state index in [4.69, 9.17) is 0 Å². The maximum atomic E-state index is 13.1. The van der Waals surface area contributed by atoms with Crippen molar-refractivity contribution in [2.24, 2.45) is 0 Å². The lowest BCUT2D eigenvalue weighted by Crippen LogP contribution is -2.51. The third kappa shape index (κ3) is 3.48. The second kappa shape index (κ2) is 5.50. The number of nitrogens with one attached hydrogen (secondary N) is 1. The van der Waals surface area contributed by atoms with Crippen LogP contribution < -0.4 is 5.43 Å². The Labute approximate surface area is 116 Å². The fourth-order valence-corrected chi connectivity index (χ4v) is 2.45. The lowest BCUT2D eigenvalue weighted by atomic mass is 10.1. The van der Waals surface area contributed by atoms with Gasteiger partial charge in [-0.2, -0.15) is 13.2 Å². The van der Waals surface area contributed by atoms with Crippen molar-refractivity contribution < 1.29 is 18.0 Å². The molecule has 1 fully saturated rings. The first-order chi connectivity index (χ1) is 8.88. The van der Waals surface area contributed by atoms with Gasteiger partial charge in [0.05, 0.1) is 0 Å². The van der Waals surface area contributed by atoms with Crippen molar-refractivity contribution in [1.82, 2.24) is 10.4 Å². The SMILES string of the molecule is O=C1CCN(C(Cc2ccccc2Br)C(F)(F)F)N1. The summed E-state index contributed by atoms with van der Waals surface area (Å²) in [4.78, 5) is 11.1. The molecule has 7 heteroatoms. The van der Waals surface area contributed by atoms with E-state index in [1.807, 2.05) is 0 Å². The molecule has 0 aromatic heterocycles. The quantitative estimate of drug-likeness (QED) is 0.920. The van der Waals surface area contributed by atoms with Crippen molar-refractivity contribution in [1.29, 1.82) is 0 Å². The van der Waals surface area contributed by atoms with Gasteiger partial charge in [0.2, 0.25) is 5.91 Å². The largest absolute Gasteiger partial charge is 0.406 e. The highest BCUT2D eigenvalue weighted by Crippen LogP contribution is 2.30. The van der Waals surface area contributed by atoms with Crippen LogP contribution >= 0.6 is 15.9 Å². The zero-order chi connectivity index (χ0) is 14.0. The molecule has 3 nitrogen and oxygen atoms in total. The van der Waals surface area contributed by atoms with Crippen LogP contribution in [-0.4, -0.2) is 29.7 Å². The Balaban J connectivity index is 2.20. The minimum absolute atomic E-state index is 0.0768. The fourth-order valence-electron chi connectivity index (χ4n) is 2.00. The Kier molecular flexibility index (Phi) is 4.15. The molecular weight excluding hydrogens is 325 g/mol. The Morgan fingerprint density at radius 2 is 2.05 bits per heavy atom. The summed E-state index contributed by atoms with van der Waals surface area (Å²) in [7, 11) is 0. The number of hydrogen-bond donors (Lipinski definition) is 1. The Morgan fingerprint density at radius 1 is 1.37 bits per heavy atom. The number of alkyl halides is 3. The van der Waals surface area contributed by atoms with E-state index in [2.05, 4.69) is 21.4 Å². The number of hydrogen-bond acceptors (Lipinski definition) is 2. The average Bonchev–Trinajstić information content (AvgIpc) is 2.73. The molecule has 1 heterocycles. The minimum atomic E-state index is -4.40. The molecule has 1 unspecified atom stereocenters. The molecule has 1 atom stereocenters. The molecule has 1 aliphatic heterocycles. The molecule has 0 aliphatic carbocycles. The Hall–Kier alpha value is -1.08. The molecule has 19 heavy (non-hydrogen) atoms. The summed E-state index contributed by atoms with van der Waals surface area (Å²) < 4.78 is 40.0. The zero-order valence-electron chi connectivity index (χ0n) is 9.88. The van der Waals surface area contributed by atoms with Crippen molar-refractivity contribution in [2.45, 2.75) is 25.1 Å². The lowest BCUT2D eigenvalue weighted by molar-refractivity contribution is -0.187. The number of carbonyl (C=O) groups is 1. The first-order valence-electron chi connectivity index (χ1n) is 5.74. The highest BCUT2D eigenvalue weighted by molar-refractivity contribution is 9.10. The smallest absolute Gasteiger partial charge is 0.288 e. The molecule has 1 aromatic rings. The van der Waals surface area contributed by atoms with Gasteiger partial charge in [-0.3, -0.25) is 10.2 Å². The van der Waals surface area contributed by atoms with Gasteiger partial charge in [0.15, 0.2) is 0 Å². The normalized spacial score (nSPS) is 18.4. The average molecular weight is 337 g/mol. The molecule has 0 spiro atoms. The van der Waals surface area contributed by atoms with E-state index in [0.29, 0.717) is 10.0 Å². The summed E-state index contributed by atoms with van der Waals surface area (Å²) in [6.45, 7) is 0.0768. The number of carbonyl (C=O) groups excluding carboxylic acids is 1. The molecule has 1 aromatic carbocycles. The summed E-state index contributed by atoms with van der Waals surface area (Å²) >= 11 is 3.24. The molecule has 0 radical (unpaired) electrons. The molecule has 1 amide bonds. The van der Waals surface area contributed by atoms with Crippen molar-refractivity contribution in [3.05, 3.63) is 34.3 Å². The second-order valence-electron chi connectivity index (χ2n) is 4.33. The predicted octanol–water partition coefficient (Wildman–Crippen LogP) is 2.66. The third-order valence-corrected chi connectivity index (χ3v) is 3.75. The van der Waals surface area contributed by atoms with E-state index in [0.717, 1.165) is 5.01 Å². The highest BCUT2D eigenvalue weighted by atomic mass is 79.9. The summed E-state index contributed by atoms with van der Waals surface area (Å²) in [5.74, 6) is -0.374. The Bertz CT molecular complexity index is 478. The highest BCUT2D eigenvalue weighted by Gasteiger charge is 2.45. The van der Waals surface area contributed by atoms with E-state index in [-0.39, 0.29) is 25.3 Å². The maximum Gasteiger partial charge on any atom is 0.406 e. The van der Waals surface area contributed by atoms with Crippen molar-refractivity contribution in [3.8, 4) is 0 Å². The van der Waals surface area contributed by atoms with Gasteiger partial charge in [0, 0.05) is 17.4 Å². The van der Waals surface area contributed by atoms with Gasteiger partial charge >= 0.3 is 6.18 Å². The van der Waals surface area contributed by atoms with Gasteiger partial charge in [0.25, 0.3) is 0 Å². The van der Waals surface area contributed by atoms with Crippen LogP contribution in [-0.2, 0) is 11.2 Å². The Morgan fingerprint density at radius 3 is 2.58 bits per heavy atom.